The van der Waals surface area contributed by atoms with Gasteiger partial charge in [0.1, 0.15) is 11.6 Å². The Hall–Kier alpha value is -3.06. The Bertz CT molecular complexity index is 1120. The van der Waals surface area contributed by atoms with Gasteiger partial charge >= 0.3 is 0 Å². The fourth-order valence-electron chi connectivity index (χ4n) is 3.01. The number of carbonyl (C=O) groups is 1. The summed E-state index contributed by atoms with van der Waals surface area (Å²) in [6.07, 6.45) is 2.05. The Morgan fingerprint density at radius 3 is 2.43 bits per heavy atom. The van der Waals surface area contributed by atoms with E-state index in [4.69, 9.17) is 0 Å². The van der Waals surface area contributed by atoms with Crippen LogP contribution in [-0.4, -0.2) is 15.3 Å². The van der Waals surface area contributed by atoms with Crippen LogP contribution in [0.3, 0.4) is 0 Å². The lowest BCUT2D eigenvalue weighted by molar-refractivity contribution is -0.121. The second-order valence-corrected chi connectivity index (χ2v) is 7.37. The van der Waals surface area contributed by atoms with E-state index >= 15 is 0 Å². The van der Waals surface area contributed by atoms with Crippen molar-refractivity contribution in [1.82, 2.24) is 14.7 Å². The summed E-state index contributed by atoms with van der Waals surface area (Å²) in [7, 11) is 0. The van der Waals surface area contributed by atoms with Crippen molar-refractivity contribution in [3.63, 3.8) is 0 Å². The summed E-state index contributed by atoms with van der Waals surface area (Å²) in [5.41, 5.74) is 3.21. The molecule has 4 aromatic rings. The number of nitrogens with one attached hydrogen (secondary N) is 1. The predicted molar refractivity (Wildman–Crippen MR) is 105 cm³/mol. The zero-order valence-electron chi connectivity index (χ0n) is 15.0. The maximum atomic E-state index is 13.1. The molecule has 142 valence electrons. The third-order valence-electron chi connectivity index (χ3n) is 4.51. The minimum absolute atomic E-state index is 0.131. The first-order chi connectivity index (χ1) is 13.5. The average molecular weight is 397 g/mol. The summed E-state index contributed by atoms with van der Waals surface area (Å²) in [6, 6.07) is 12.0. The molecular weight excluding hydrogens is 380 g/mol. The van der Waals surface area contributed by atoms with E-state index in [-0.39, 0.29) is 30.0 Å². The number of aromatic nitrogens is 2. The molecule has 1 amide bonds. The molecule has 0 aliphatic rings. The monoisotopic (exact) mass is 397 g/mol. The second kappa shape index (κ2) is 7.52. The Morgan fingerprint density at radius 2 is 1.75 bits per heavy atom. The third kappa shape index (κ3) is 3.80. The van der Waals surface area contributed by atoms with Crippen LogP contribution in [0.1, 0.15) is 24.2 Å². The van der Waals surface area contributed by atoms with Gasteiger partial charge in [0.2, 0.25) is 5.91 Å². The number of thiazole rings is 1. The van der Waals surface area contributed by atoms with E-state index in [1.807, 2.05) is 22.9 Å². The Kier molecular flexibility index (Phi) is 4.92. The van der Waals surface area contributed by atoms with Gasteiger partial charge in [-0.15, -0.1) is 11.3 Å². The van der Waals surface area contributed by atoms with Crippen LogP contribution in [0, 0.1) is 11.6 Å². The van der Waals surface area contributed by atoms with Crippen LogP contribution in [0.5, 0.6) is 0 Å². The molecule has 7 heteroatoms. The van der Waals surface area contributed by atoms with Gasteiger partial charge in [-0.2, -0.15) is 0 Å². The summed E-state index contributed by atoms with van der Waals surface area (Å²) in [5.74, 6) is -0.731. The summed E-state index contributed by atoms with van der Waals surface area (Å²) in [4.78, 5) is 17.8. The molecule has 28 heavy (non-hydrogen) atoms. The number of amides is 1. The third-order valence-corrected chi connectivity index (χ3v) is 5.40. The number of benzene rings is 2. The van der Waals surface area contributed by atoms with Crippen molar-refractivity contribution in [3.05, 3.63) is 83.0 Å². The number of hydrogen-bond donors (Lipinski definition) is 1. The van der Waals surface area contributed by atoms with Crippen molar-refractivity contribution in [2.45, 2.75) is 19.4 Å². The van der Waals surface area contributed by atoms with Crippen LogP contribution >= 0.6 is 11.3 Å². The van der Waals surface area contributed by atoms with Crippen LogP contribution in [0.4, 0.5) is 8.78 Å². The molecule has 0 saturated carbocycles. The number of carbonyl (C=O) groups excluding carboxylic acids is 1. The zero-order chi connectivity index (χ0) is 19.7. The van der Waals surface area contributed by atoms with E-state index in [1.54, 1.807) is 24.3 Å². The molecule has 0 saturated heterocycles. The fraction of sp³-hybridized carbons (Fsp3) is 0.143. The van der Waals surface area contributed by atoms with Gasteiger partial charge in [-0.1, -0.05) is 12.1 Å². The summed E-state index contributed by atoms with van der Waals surface area (Å²) < 4.78 is 28.0. The number of rotatable bonds is 5. The first-order valence-electron chi connectivity index (χ1n) is 8.76. The number of imidazole rings is 1. The second-order valence-electron chi connectivity index (χ2n) is 6.53. The molecule has 0 aliphatic heterocycles. The number of fused-ring (bicyclic) bond motifs is 1. The highest BCUT2D eigenvalue weighted by Crippen LogP contribution is 2.24. The van der Waals surface area contributed by atoms with Crippen molar-refractivity contribution in [2.24, 2.45) is 0 Å². The standard InChI is InChI=1S/C21H17F2N3OS/c1-13(14-2-6-16(22)7-3-14)24-20(27)10-18-12-28-21-25-19(11-26(18)21)15-4-8-17(23)9-5-15/h2-9,11-13H,10H2,1H3,(H,24,27)/t13-/m0/s1. The van der Waals surface area contributed by atoms with Crippen molar-refractivity contribution >= 4 is 22.2 Å². The van der Waals surface area contributed by atoms with Crippen LogP contribution in [0.15, 0.2) is 60.1 Å². The summed E-state index contributed by atoms with van der Waals surface area (Å²) in [5, 5.41) is 4.83. The van der Waals surface area contributed by atoms with Crippen molar-refractivity contribution in [1.29, 1.82) is 0 Å². The minimum Gasteiger partial charge on any atom is -0.349 e. The van der Waals surface area contributed by atoms with Crippen molar-refractivity contribution < 1.29 is 13.6 Å². The highest BCUT2D eigenvalue weighted by atomic mass is 32.1. The molecule has 1 atom stereocenters. The number of halogens is 2. The molecule has 2 heterocycles. The normalized spacial score (nSPS) is 12.2. The molecule has 0 fully saturated rings. The Morgan fingerprint density at radius 1 is 1.11 bits per heavy atom. The lowest BCUT2D eigenvalue weighted by Crippen LogP contribution is -2.28. The SMILES string of the molecule is C[C@H](NC(=O)Cc1csc2nc(-c3ccc(F)cc3)cn12)c1ccc(F)cc1. The quantitative estimate of drug-likeness (QED) is 0.528. The maximum Gasteiger partial charge on any atom is 0.226 e. The van der Waals surface area contributed by atoms with E-state index in [0.29, 0.717) is 0 Å². The molecule has 2 aromatic heterocycles. The first kappa shape index (κ1) is 18.3. The van der Waals surface area contributed by atoms with Crippen molar-refractivity contribution in [3.8, 4) is 11.3 Å². The van der Waals surface area contributed by atoms with Gasteiger partial charge in [-0.25, -0.2) is 13.8 Å². The van der Waals surface area contributed by atoms with Gasteiger partial charge in [0, 0.05) is 22.8 Å². The van der Waals surface area contributed by atoms with Crippen LogP contribution in [-0.2, 0) is 11.2 Å². The Balaban J connectivity index is 1.49. The van der Waals surface area contributed by atoms with E-state index in [0.717, 1.165) is 27.5 Å². The molecular formula is C21H17F2N3OS. The van der Waals surface area contributed by atoms with Crippen LogP contribution in [0.25, 0.3) is 16.2 Å². The van der Waals surface area contributed by atoms with Gasteiger partial charge in [-0.05, 0) is 48.9 Å². The number of hydrogen-bond acceptors (Lipinski definition) is 3. The Labute approximate surface area is 164 Å². The van der Waals surface area contributed by atoms with Gasteiger partial charge < -0.3 is 5.32 Å². The highest BCUT2D eigenvalue weighted by molar-refractivity contribution is 7.15. The van der Waals surface area contributed by atoms with Crippen LogP contribution in [0.2, 0.25) is 0 Å². The highest BCUT2D eigenvalue weighted by Gasteiger charge is 2.15. The minimum atomic E-state index is -0.306. The van der Waals surface area contributed by atoms with Crippen molar-refractivity contribution in [2.75, 3.05) is 0 Å². The molecule has 0 bridgehead atoms. The number of nitrogens with zero attached hydrogens (tertiary/aromatic N) is 2. The molecule has 0 unspecified atom stereocenters. The molecule has 1 N–H and O–H groups in total. The van der Waals surface area contributed by atoms with E-state index in [1.165, 1.54) is 35.6 Å². The fourth-order valence-corrected chi connectivity index (χ4v) is 3.88. The largest absolute Gasteiger partial charge is 0.349 e. The topological polar surface area (TPSA) is 46.4 Å². The lowest BCUT2D eigenvalue weighted by atomic mass is 10.1. The zero-order valence-corrected chi connectivity index (χ0v) is 15.8. The average Bonchev–Trinajstić information content (AvgIpc) is 3.25. The summed E-state index contributed by atoms with van der Waals surface area (Å²) >= 11 is 1.45. The molecule has 0 spiro atoms. The van der Waals surface area contributed by atoms with Gasteiger partial charge in [-0.3, -0.25) is 9.20 Å². The van der Waals surface area contributed by atoms with E-state index in [9.17, 15) is 13.6 Å². The van der Waals surface area contributed by atoms with Gasteiger partial charge in [0.25, 0.3) is 0 Å². The predicted octanol–water partition coefficient (Wildman–Crippen LogP) is 4.76. The molecule has 2 aromatic carbocycles. The smallest absolute Gasteiger partial charge is 0.226 e. The van der Waals surface area contributed by atoms with Gasteiger partial charge in [0.05, 0.1) is 18.2 Å². The molecule has 0 radical (unpaired) electrons. The molecule has 0 aliphatic carbocycles. The first-order valence-corrected chi connectivity index (χ1v) is 9.64. The lowest BCUT2D eigenvalue weighted by Gasteiger charge is -2.14. The molecule has 4 nitrogen and oxygen atoms in total. The van der Waals surface area contributed by atoms with E-state index < -0.39 is 0 Å². The molecule has 4 rings (SSSR count). The maximum absolute atomic E-state index is 13.1. The van der Waals surface area contributed by atoms with E-state index in [2.05, 4.69) is 10.3 Å². The van der Waals surface area contributed by atoms with Crippen LogP contribution < -0.4 is 5.32 Å². The van der Waals surface area contributed by atoms with Gasteiger partial charge in [0.15, 0.2) is 4.96 Å². The summed E-state index contributed by atoms with van der Waals surface area (Å²) in [6.45, 7) is 1.86.